The van der Waals surface area contributed by atoms with Crippen LogP contribution in [0.25, 0.3) is 0 Å². The second-order valence-electron chi connectivity index (χ2n) is 2.16. The molecule has 1 aliphatic rings. The maximum absolute atomic E-state index is 5.01. The van der Waals surface area contributed by atoms with Crippen molar-refractivity contribution in [2.45, 2.75) is 33.0 Å². The highest BCUT2D eigenvalue weighted by Crippen LogP contribution is 2.21. The Balaban J connectivity index is 2.20. The molecule has 1 saturated heterocycles. The van der Waals surface area contributed by atoms with E-state index in [4.69, 9.17) is 4.84 Å². The van der Waals surface area contributed by atoms with Gasteiger partial charge in [-0.3, -0.25) is 4.84 Å². The molecule has 0 saturated carbocycles. The first-order chi connectivity index (χ1) is 3.22. The molecule has 0 aliphatic carbocycles. The molecule has 0 aromatic heterocycles. The fraction of sp³-hybridized carbons (Fsp3) is 1.00. The summed E-state index contributed by atoms with van der Waals surface area (Å²) >= 11 is 0. The Labute approximate surface area is 44.0 Å². The molecule has 2 atom stereocenters. The number of hydroxylamine groups is 2. The third-order valence-electron chi connectivity index (χ3n) is 1.10. The molecule has 7 heavy (non-hydrogen) atoms. The highest BCUT2D eigenvalue weighted by molar-refractivity contribution is 4.63. The van der Waals surface area contributed by atoms with Crippen molar-refractivity contribution in [1.82, 2.24) is 5.06 Å². The molecule has 1 fully saturated rings. The standard InChI is InChI=1S/C5H11NO/c1-4(2)6-5(3)7-6/h4-5H,1-3H3/t5-,6?/m0/s1. The molecule has 2 heteroatoms. The Morgan fingerprint density at radius 3 is 2.00 bits per heavy atom. The zero-order chi connectivity index (χ0) is 5.44. The van der Waals surface area contributed by atoms with E-state index in [0.717, 1.165) is 0 Å². The van der Waals surface area contributed by atoms with Gasteiger partial charge in [0.1, 0.15) is 0 Å². The minimum atomic E-state index is 0.375. The lowest BCUT2D eigenvalue weighted by Crippen LogP contribution is -2.09. The summed E-state index contributed by atoms with van der Waals surface area (Å²) in [5.74, 6) is 0. The van der Waals surface area contributed by atoms with E-state index >= 15 is 0 Å². The van der Waals surface area contributed by atoms with E-state index in [0.29, 0.717) is 12.3 Å². The number of rotatable bonds is 1. The van der Waals surface area contributed by atoms with Gasteiger partial charge < -0.3 is 0 Å². The average molecular weight is 101 g/mol. The SMILES string of the molecule is CC(C)N1O[C@H]1C. The van der Waals surface area contributed by atoms with E-state index in [1.165, 1.54) is 0 Å². The minimum Gasteiger partial charge on any atom is -0.275 e. The maximum Gasteiger partial charge on any atom is 0.152 e. The fourth-order valence-corrected chi connectivity index (χ4v) is 0.691. The Morgan fingerprint density at radius 1 is 1.57 bits per heavy atom. The lowest BCUT2D eigenvalue weighted by Gasteiger charge is -1.96. The van der Waals surface area contributed by atoms with Crippen LogP contribution in [0.15, 0.2) is 0 Å². The van der Waals surface area contributed by atoms with Gasteiger partial charge in [-0.25, -0.2) is 0 Å². The molecular weight excluding hydrogens is 90.1 g/mol. The predicted molar refractivity (Wildman–Crippen MR) is 27.5 cm³/mol. The van der Waals surface area contributed by atoms with E-state index in [-0.39, 0.29) is 0 Å². The van der Waals surface area contributed by atoms with E-state index in [1.54, 1.807) is 0 Å². The minimum absolute atomic E-state index is 0.375. The van der Waals surface area contributed by atoms with Gasteiger partial charge in [0, 0.05) is 6.04 Å². The quantitative estimate of drug-likeness (QED) is 0.458. The van der Waals surface area contributed by atoms with Crippen molar-refractivity contribution in [2.75, 3.05) is 0 Å². The summed E-state index contributed by atoms with van der Waals surface area (Å²) in [7, 11) is 0. The molecule has 0 N–H and O–H groups in total. The number of nitrogens with zero attached hydrogens (tertiary/aromatic N) is 1. The van der Waals surface area contributed by atoms with Crippen molar-refractivity contribution in [1.29, 1.82) is 0 Å². The molecule has 1 unspecified atom stereocenters. The van der Waals surface area contributed by atoms with E-state index in [2.05, 4.69) is 13.8 Å². The first-order valence-electron chi connectivity index (χ1n) is 2.67. The summed E-state index contributed by atoms with van der Waals surface area (Å²) in [5, 5.41) is 1.96. The van der Waals surface area contributed by atoms with Gasteiger partial charge in [-0.05, 0) is 20.8 Å². The van der Waals surface area contributed by atoms with Crippen LogP contribution in [-0.2, 0) is 4.84 Å². The van der Waals surface area contributed by atoms with Crippen LogP contribution >= 0.6 is 0 Å². The summed E-state index contributed by atoms with van der Waals surface area (Å²) in [5.41, 5.74) is 0. The molecule has 1 aliphatic heterocycles. The van der Waals surface area contributed by atoms with Crippen LogP contribution in [0, 0.1) is 0 Å². The van der Waals surface area contributed by atoms with E-state index in [1.807, 2.05) is 12.0 Å². The monoisotopic (exact) mass is 101 g/mol. The molecule has 0 aromatic carbocycles. The zero-order valence-electron chi connectivity index (χ0n) is 5.01. The topological polar surface area (TPSA) is 15.5 Å². The van der Waals surface area contributed by atoms with Crippen molar-refractivity contribution in [2.24, 2.45) is 0 Å². The van der Waals surface area contributed by atoms with Crippen molar-refractivity contribution in [3.8, 4) is 0 Å². The molecule has 1 heterocycles. The largest absolute Gasteiger partial charge is 0.275 e. The average Bonchev–Trinajstić information content (AvgIpc) is 2.17. The summed E-state index contributed by atoms with van der Waals surface area (Å²) in [6, 6.07) is 0.551. The molecule has 0 spiro atoms. The second-order valence-corrected chi connectivity index (χ2v) is 2.16. The summed E-state index contributed by atoms with van der Waals surface area (Å²) < 4.78 is 0. The Hall–Kier alpha value is -0.0800. The fourth-order valence-electron chi connectivity index (χ4n) is 0.691. The van der Waals surface area contributed by atoms with Crippen molar-refractivity contribution in [3.63, 3.8) is 0 Å². The Bertz CT molecular complexity index is 72.5. The third-order valence-corrected chi connectivity index (χ3v) is 1.10. The zero-order valence-corrected chi connectivity index (χ0v) is 5.01. The molecule has 0 radical (unpaired) electrons. The van der Waals surface area contributed by atoms with Crippen LogP contribution in [0.2, 0.25) is 0 Å². The first-order valence-corrected chi connectivity index (χ1v) is 2.67. The van der Waals surface area contributed by atoms with Crippen molar-refractivity contribution in [3.05, 3.63) is 0 Å². The van der Waals surface area contributed by atoms with Crippen molar-refractivity contribution < 1.29 is 4.84 Å². The predicted octanol–water partition coefficient (Wildman–Crippen LogP) is 0.988. The Morgan fingerprint density at radius 2 is 2.00 bits per heavy atom. The second kappa shape index (κ2) is 1.46. The van der Waals surface area contributed by atoms with E-state index in [9.17, 15) is 0 Å². The number of hydrogen-bond donors (Lipinski definition) is 0. The van der Waals surface area contributed by atoms with Gasteiger partial charge in [-0.15, -0.1) is 0 Å². The Kier molecular flexibility index (Phi) is 1.05. The van der Waals surface area contributed by atoms with Crippen LogP contribution in [0.3, 0.4) is 0 Å². The molecular formula is C5H11NO. The van der Waals surface area contributed by atoms with Crippen molar-refractivity contribution >= 4 is 0 Å². The number of hydrogen-bond acceptors (Lipinski definition) is 2. The van der Waals surface area contributed by atoms with Gasteiger partial charge in [0.2, 0.25) is 0 Å². The van der Waals surface area contributed by atoms with Gasteiger partial charge in [0.15, 0.2) is 6.23 Å². The van der Waals surface area contributed by atoms with Crippen LogP contribution in [0.5, 0.6) is 0 Å². The maximum atomic E-state index is 5.01. The van der Waals surface area contributed by atoms with Crippen LogP contribution < -0.4 is 0 Å². The van der Waals surface area contributed by atoms with Gasteiger partial charge in [-0.1, -0.05) is 0 Å². The summed E-state index contributed by atoms with van der Waals surface area (Å²) in [4.78, 5) is 5.01. The summed E-state index contributed by atoms with van der Waals surface area (Å²) in [6.45, 7) is 6.27. The molecule has 0 aromatic rings. The third kappa shape index (κ3) is 0.924. The summed E-state index contributed by atoms with van der Waals surface area (Å²) in [6.07, 6.45) is 0.375. The first kappa shape index (κ1) is 5.06. The molecule has 42 valence electrons. The molecule has 2 nitrogen and oxygen atoms in total. The molecule has 0 bridgehead atoms. The molecule has 0 amide bonds. The smallest absolute Gasteiger partial charge is 0.152 e. The van der Waals surface area contributed by atoms with E-state index < -0.39 is 0 Å². The van der Waals surface area contributed by atoms with Gasteiger partial charge in [-0.2, -0.15) is 5.06 Å². The van der Waals surface area contributed by atoms with Crippen LogP contribution in [-0.4, -0.2) is 17.3 Å². The highest BCUT2D eigenvalue weighted by atomic mass is 16.8. The van der Waals surface area contributed by atoms with Gasteiger partial charge in [0.25, 0.3) is 0 Å². The lowest BCUT2D eigenvalue weighted by molar-refractivity contribution is 0.164. The van der Waals surface area contributed by atoms with Gasteiger partial charge >= 0.3 is 0 Å². The van der Waals surface area contributed by atoms with Crippen LogP contribution in [0.1, 0.15) is 20.8 Å². The van der Waals surface area contributed by atoms with Gasteiger partial charge in [0.05, 0.1) is 0 Å². The molecule has 1 rings (SSSR count). The van der Waals surface area contributed by atoms with Crippen LogP contribution in [0.4, 0.5) is 0 Å². The normalized spacial score (nSPS) is 39.4. The lowest BCUT2D eigenvalue weighted by atomic mass is 10.4. The highest BCUT2D eigenvalue weighted by Gasteiger charge is 2.33.